The Morgan fingerprint density at radius 3 is 2.75 bits per heavy atom. The topological polar surface area (TPSA) is 30.7 Å². The van der Waals surface area contributed by atoms with Gasteiger partial charge in [0.2, 0.25) is 0 Å². The van der Waals surface area contributed by atoms with E-state index in [1.165, 1.54) is 5.56 Å². The maximum atomic E-state index is 6.26. The highest BCUT2D eigenvalue weighted by Gasteiger charge is 2.14. The molecule has 2 aromatic heterocycles. The highest BCUT2D eigenvalue weighted by Crippen LogP contribution is 2.24. The molecule has 4 heteroatoms. The average Bonchev–Trinajstić information content (AvgIpc) is 2.85. The molecule has 0 saturated carbocycles. The zero-order chi connectivity index (χ0) is 13.9. The first kappa shape index (κ1) is 13.1. The van der Waals surface area contributed by atoms with Gasteiger partial charge in [-0.05, 0) is 25.0 Å². The van der Waals surface area contributed by atoms with Crippen LogP contribution in [0.25, 0.3) is 11.0 Å². The Balaban J connectivity index is 1.95. The van der Waals surface area contributed by atoms with E-state index in [2.05, 4.69) is 38.8 Å². The van der Waals surface area contributed by atoms with Gasteiger partial charge in [0.15, 0.2) is 0 Å². The highest BCUT2D eigenvalue weighted by molar-refractivity contribution is 6.20. The molecule has 0 aliphatic rings. The molecular formula is C16H16ClN3. The molecule has 0 spiro atoms. The summed E-state index contributed by atoms with van der Waals surface area (Å²) in [5.74, 6) is 0.908. The zero-order valence-electron chi connectivity index (χ0n) is 11.3. The molecule has 0 N–H and O–H groups in total. The summed E-state index contributed by atoms with van der Waals surface area (Å²) in [5, 5.41) is -0.113. The molecule has 1 aromatic carbocycles. The van der Waals surface area contributed by atoms with Gasteiger partial charge in [0.05, 0.1) is 17.1 Å². The number of alkyl halides is 1. The van der Waals surface area contributed by atoms with Gasteiger partial charge in [0.1, 0.15) is 11.3 Å². The van der Waals surface area contributed by atoms with Crippen LogP contribution in [0.15, 0.2) is 48.8 Å². The van der Waals surface area contributed by atoms with Gasteiger partial charge in [0, 0.05) is 12.7 Å². The maximum absolute atomic E-state index is 6.26. The van der Waals surface area contributed by atoms with Crippen LogP contribution < -0.4 is 0 Å². The van der Waals surface area contributed by atoms with Gasteiger partial charge in [0.25, 0.3) is 0 Å². The number of hydrogen-bond donors (Lipinski definition) is 0. The number of aromatic nitrogens is 3. The fourth-order valence-electron chi connectivity index (χ4n) is 2.42. The standard InChI is InChI=1S/C16H16ClN3/c1-12(17)16-19-14-11-18-9-7-15(14)20(16)10-8-13-5-3-2-4-6-13/h2-7,9,11-12H,8,10H2,1H3. The minimum atomic E-state index is -0.113. The average molecular weight is 286 g/mol. The predicted molar refractivity (Wildman–Crippen MR) is 81.9 cm³/mol. The minimum Gasteiger partial charge on any atom is -0.326 e. The zero-order valence-corrected chi connectivity index (χ0v) is 12.1. The third kappa shape index (κ3) is 2.54. The van der Waals surface area contributed by atoms with E-state index in [9.17, 15) is 0 Å². The van der Waals surface area contributed by atoms with E-state index in [4.69, 9.17) is 11.6 Å². The van der Waals surface area contributed by atoms with Crippen LogP contribution >= 0.6 is 11.6 Å². The molecule has 3 rings (SSSR count). The van der Waals surface area contributed by atoms with Crippen LogP contribution in [0.1, 0.15) is 23.7 Å². The number of halogens is 1. The van der Waals surface area contributed by atoms with Crippen LogP contribution in [0.2, 0.25) is 0 Å². The summed E-state index contributed by atoms with van der Waals surface area (Å²) in [6.07, 6.45) is 4.55. The lowest BCUT2D eigenvalue weighted by molar-refractivity contribution is 0.668. The van der Waals surface area contributed by atoms with Crippen molar-refractivity contribution in [1.82, 2.24) is 14.5 Å². The number of imidazole rings is 1. The number of fused-ring (bicyclic) bond motifs is 1. The van der Waals surface area contributed by atoms with Crippen molar-refractivity contribution in [1.29, 1.82) is 0 Å². The van der Waals surface area contributed by atoms with Gasteiger partial charge in [-0.25, -0.2) is 4.98 Å². The highest BCUT2D eigenvalue weighted by atomic mass is 35.5. The van der Waals surface area contributed by atoms with Crippen molar-refractivity contribution in [2.45, 2.75) is 25.3 Å². The van der Waals surface area contributed by atoms with Gasteiger partial charge in [-0.3, -0.25) is 4.98 Å². The number of benzene rings is 1. The molecule has 3 aromatic rings. The van der Waals surface area contributed by atoms with Gasteiger partial charge in [-0.1, -0.05) is 30.3 Å². The number of nitrogens with zero attached hydrogens (tertiary/aromatic N) is 3. The van der Waals surface area contributed by atoms with E-state index >= 15 is 0 Å². The quantitative estimate of drug-likeness (QED) is 0.679. The normalized spacial score (nSPS) is 12.7. The van der Waals surface area contributed by atoms with Gasteiger partial charge >= 0.3 is 0 Å². The number of hydrogen-bond acceptors (Lipinski definition) is 2. The van der Waals surface area contributed by atoms with Crippen LogP contribution in [0.4, 0.5) is 0 Å². The molecule has 2 heterocycles. The fourth-order valence-corrected chi connectivity index (χ4v) is 2.59. The Labute approximate surface area is 123 Å². The summed E-state index contributed by atoms with van der Waals surface area (Å²) >= 11 is 6.26. The maximum Gasteiger partial charge on any atom is 0.127 e. The fraction of sp³-hybridized carbons (Fsp3) is 0.250. The third-order valence-electron chi connectivity index (χ3n) is 3.40. The first-order chi connectivity index (χ1) is 9.75. The summed E-state index contributed by atoms with van der Waals surface area (Å²) in [6, 6.07) is 12.5. The molecule has 0 saturated heterocycles. The van der Waals surface area contributed by atoms with Gasteiger partial charge in [-0.15, -0.1) is 11.6 Å². The summed E-state index contributed by atoms with van der Waals surface area (Å²) in [7, 11) is 0. The lowest BCUT2D eigenvalue weighted by Gasteiger charge is -2.10. The minimum absolute atomic E-state index is 0.113. The van der Waals surface area contributed by atoms with Gasteiger partial charge < -0.3 is 4.57 Å². The molecule has 102 valence electrons. The molecule has 1 atom stereocenters. The summed E-state index contributed by atoms with van der Waals surface area (Å²) in [4.78, 5) is 8.72. The van der Waals surface area contributed by atoms with Crippen molar-refractivity contribution in [2.75, 3.05) is 0 Å². The lowest BCUT2D eigenvalue weighted by atomic mass is 10.1. The molecule has 0 aliphatic heterocycles. The van der Waals surface area contributed by atoms with Crippen LogP contribution in [-0.4, -0.2) is 14.5 Å². The molecule has 0 fully saturated rings. The SMILES string of the molecule is CC(Cl)c1nc2cnccc2n1CCc1ccccc1. The number of rotatable bonds is 4. The van der Waals surface area contributed by atoms with Crippen molar-refractivity contribution in [3.8, 4) is 0 Å². The smallest absolute Gasteiger partial charge is 0.127 e. The Morgan fingerprint density at radius 2 is 2.00 bits per heavy atom. The van der Waals surface area contributed by atoms with Crippen molar-refractivity contribution in [2.24, 2.45) is 0 Å². The van der Waals surface area contributed by atoms with Gasteiger partial charge in [-0.2, -0.15) is 0 Å². The second-order valence-corrected chi connectivity index (χ2v) is 5.49. The van der Waals surface area contributed by atoms with Crippen LogP contribution in [0.5, 0.6) is 0 Å². The molecular weight excluding hydrogens is 270 g/mol. The van der Waals surface area contributed by atoms with E-state index < -0.39 is 0 Å². The molecule has 20 heavy (non-hydrogen) atoms. The van der Waals surface area contributed by atoms with Crippen LogP contribution in [-0.2, 0) is 13.0 Å². The molecule has 0 bridgehead atoms. The van der Waals surface area contributed by atoms with Crippen LogP contribution in [0.3, 0.4) is 0 Å². The number of aryl methyl sites for hydroxylation is 2. The van der Waals surface area contributed by atoms with E-state index in [0.717, 1.165) is 29.8 Å². The summed E-state index contributed by atoms with van der Waals surface area (Å²) in [5.41, 5.74) is 3.32. The first-order valence-electron chi connectivity index (χ1n) is 6.74. The summed E-state index contributed by atoms with van der Waals surface area (Å²) in [6.45, 7) is 2.83. The van der Waals surface area contributed by atoms with Crippen LogP contribution in [0, 0.1) is 0 Å². The van der Waals surface area contributed by atoms with Crippen molar-refractivity contribution in [3.63, 3.8) is 0 Å². The molecule has 1 unspecified atom stereocenters. The van der Waals surface area contributed by atoms with E-state index in [0.29, 0.717) is 0 Å². The van der Waals surface area contributed by atoms with E-state index in [-0.39, 0.29) is 5.38 Å². The predicted octanol–water partition coefficient (Wildman–Crippen LogP) is 3.97. The molecule has 0 radical (unpaired) electrons. The second-order valence-electron chi connectivity index (χ2n) is 4.84. The van der Waals surface area contributed by atoms with Crippen molar-refractivity contribution < 1.29 is 0 Å². The van der Waals surface area contributed by atoms with Crippen molar-refractivity contribution >= 4 is 22.6 Å². The Kier molecular flexibility index (Phi) is 3.70. The van der Waals surface area contributed by atoms with E-state index in [1.807, 2.05) is 19.1 Å². The lowest BCUT2D eigenvalue weighted by Crippen LogP contribution is -2.06. The summed E-state index contributed by atoms with van der Waals surface area (Å²) < 4.78 is 2.20. The Bertz CT molecular complexity index is 704. The monoisotopic (exact) mass is 285 g/mol. The largest absolute Gasteiger partial charge is 0.326 e. The Morgan fingerprint density at radius 1 is 1.20 bits per heavy atom. The Hall–Kier alpha value is -1.87. The van der Waals surface area contributed by atoms with Crippen molar-refractivity contribution in [3.05, 3.63) is 60.2 Å². The first-order valence-corrected chi connectivity index (χ1v) is 7.17. The molecule has 3 nitrogen and oxygen atoms in total. The molecule has 0 amide bonds. The second kappa shape index (κ2) is 5.63. The molecule has 0 aliphatic carbocycles. The number of pyridine rings is 1. The van der Waals surface area contributed by atoms with E-state index in [1.54, 1.807) is 12.4 Å². The third-order valence-corrected chi connectivity index (χ3v) is 3.60.